The zero-order chi connectivity index (χ0) is 25.1. The van der Waals surface area contributed by atoms with Gasteiger partial charge in [0.2, 0.25) is 5.95 Å². The molecule has 17 heteroatoms. The minimum Gasteiger partial charge on any atom is -0.368 e. The second kappa shape index (κ2) is 10.3. The highest BCUT2D eigenvalue weighted by Gasteiger charge is 2.59. The first-order chi connectivity index (χ1) is 15.1. The van der Waals surface area contributed by atoms with Crippen molar-refractivity contribution >= 4 is 36.5 Å². The number of nitrogens with zero attached hydrogens (tertiary/aromatic N) is 4. The molecule has 0 aliphatic heterocycles. The number of aromatic nitrogens is 4. The Bertz CT molecular complexity index is 980. The highest BCUT2D eigenvalue weighted by molar-refractivity contribution is 7.99. The molecule has 4 N–H and O–H groups in total. The van der Waals surface area contributed by atoms with Gasteiger partial charge in [-0.3, -0.25) is 4.57 Å². The third-order valence-corrected chi connectivity index (χ3v) is 6.93. The third-order valence-electron chi connectivity index (χ3n) is 4.37. The quantitative estimate of drug-likeness (QED) is 0.130. The molecule has 2 heterocycles. The lowest BCUT2D eigenvalue weighted by molar-refractivity contribution is -0.211. The number of hydrogen-bond acceptors (Lipinski definition) is 7. The van der Waals surface area contributed by atoms with Gasteiger partial charge in [0, 0.05) is 6.54 Å². The Morgan fingerprint density at radius 3 is 2.27 bits per heavy atom. The average molecular weight is 525 g/mol. The molecule has 0 amide bonds. The molecule has 0 spiro atoms. The summed E-state index contributed by atoms with van der Waals surface area (Å²) >= 11 is 1.35. The molecule has 0 atom stereocenters. The molecule has 2 aromatic heterocycles. The van der Waals surface area contributed by atoms with E-state index in [1.807, 2.05) is 6.92 Å². The number of anilines is 1. The van der Waals surface area contributed by atoms with Gasteiger partial charge in [-0.15, -0.1) is 11.8 Å². The maximum Gasteiger partial charge on any atom is 0.392 e. The van der Waals surface area contributed by atoms with E-state index in [1.54, 1.807) is 0 Å². The Morgan fingerprint density at radius 1 is 1.15 bits per heavy atom. The summed E-state index contributed by atoms with van der Waals surface area (Å²) in [5.74, 6) is 0.584. The van der Waals surface area contributed by atoms with E-state index in [0.29, 0.717) is 16.3 Å². The zero-order valence-corrected chi connectivity index (χ0v) is 18.9. The number of rotatable bonds is 11. The summed E-state index contributed by atoms with van der Waals surface area (Å²) in [7, 11) is -6.02. The molecule has 2 rings (SSSR count). The fourth-order valence-corrected chi connectivity index (χ4v) is 5.02. The van der Waals surface area contributed by atoms with Crippen molar-refractivity contribution in [2.75, 3.05) is 18.1 Å². The second-order valence-electron chi connectivity index (χ2n) is 7.12. The van der Waals surface area contributed by atoms with Crippen LogP contribution in [0.5, 0.6) is 0 Å². The molecule has 0 aliphatic carbocycles. The van der Waals surface area contributed by atoms with E-state index in [0.717, 1.165) is 12.8 Å². The molecule has 9 nitrogen and oxygen atoms in total. The molecular weight excluding hydrogens is 503 g/mol. The Morgan fingerprint density at radius 2 is 1.76 bits per heavy atom. The first-order valence-corrected chi connectivity index (χ1v) is 12.1. The lowest BCUT2D eigenvalue weighted by Gasteiger charge is -2.35. The summed E-state index contributed by atoms with van der Waals surface area (Å²) in [6.07, 6.45) is -12.6. The zero-order valence-electron chi connectivity index (χ0n) is 17.2. The van der Waals surface area contributed by atoms with Gasteiger partial charge in [-0.2, -0.15) is 31.3 Å². The van der Waals surface area contributed by atoms with Crippen LogP contribution in [0.25, 0.3) is 11.2 Å². The molecule has 2 aromatic rings. The van der Waals surface area contributed by atoms with E-state index >= 15 is 0 Å². The van der Waals surface area contributed by atoms with Crippen molar-refractivity contribution in [3.63, 3.8) is 0 Å². The van der Waals surface area contributed by atoms with E-state index in [9.17, 15) is 40.7 Å². The lowest BCUT2D eigenvalue weighted by atomic mass is 10.1. The van der Waals surface area contributed by atoms with Crippen LogP contribution in [0.15, 0.2) is 11.4 Å². The fourth-order valence-electron chi connectivity index (χ4n) is 2.93. The van der Waals surface area contributed by atoms with Crippen LogP contribution in [-0.4, -0.2) is 59.4 Å². The summed E-state index contributed by atoms with van der Waals surface area (Å²) in [5, 5.41) is -3.38. The predicted molar refractivity (Wildman–Crippen MR) is 107 cm³/mol. The van der Waals surface area contributed by atoms with Gasteiger partial charge >= 0.3 is 19.9 Å². The number of fused-ring (bicyclic) bond motifs is 1. The second-order valence-corrected chi connectivity index (χ2v) is 10.1. The number of ether oxygens (including phenoxy) is 1. The summed E-state index contributed by atoms with van der Waals surface area (Å²) in [6.45, 7) is 0.697. The smallest absolute Gasteiger partial charge is 0.368 e. The minimum atomic E-state index is -6.02. The molecule has 188 valence electrons. The third kappa shape index (κ3) is 7.70. The minimum absolute atomic E-state index is 0.122. The van der Waals surface area contributed by atoms with E-state index in [2.05, 4.69) is 19.7 Å². The normalized spacial score (nSPS) is 13.7. The summed E-state index contributed by atoms with van der Waals surface area (Å²) in [5.41, 5.74) is 6.16. The van der Waals surface area contributed by atoms with E-state index in [4.69, 9.17) is 5.73 Å². The molecule has 0 unspecified atom stereocenters. The molecule has 33 heavy (non-hydrogen) atoms. The predicted octanol–water partition coefficient (Wildman–Crippen LogP) is 4.10. The molecule has 0 bridgehead atoms. The van der Waals surface area contributed by atoms with Crippen LogP contribution in [0.3, 0.4) is 0 Å². The summed E-state index contributed by atoms with van der Waals surface area (Å²) < 4.78 is 95.3. The number of thioether (sulfide) groups is 1. The van der Waals surface area contributed by atoms with Crippen LogP contribution >= 0.6 is 19.4 Å². The molecule has 0 aliphatic rings. The average Bonchev–Trinajstić information content (AvgIpc) is 3.01. The SMILES string of the molecule is CCCCSc1nc(N)nc2c1ncn2CCOC(CC(F)(F)F)(CC(F)(F)F)P(=O)(O)O. The van der Waals surface area contributed by atoms with Crippen LogP contribution in [0.2, 0.25) is 0 Å². The van der Waals surface area contributed by atoms with E-state index in [1.165, 1.54) is 22.7 Å². The Hall–Kier alpha value is -1.61. The molecular formula is C16H22F6N5O4PS. The summed E-state index contributed by atoms with van der Waals surface area (Å²) in [4.78, 5) is 31.0. The maximum atomic E-state index is 12.9. The lowest BCUT2D eigenvalue weighted by Crippen LogP contribution is -2.42. The summed E-state index contributed by atoms with van der Waals surface area (Å²) in [6, 6.07) is 0. The largest absolute Gasteiger partial charge is 0.392 e. The highest BCUT2D eigenvalue weighted by Crippen LogP contribution is 2.60. The Balaban J connectivity index is 2.29. The van der Waals surface area contributed by atoms with Gasteiger partial charge in [0.05, 0.1) is 25.8 Å². The van der Waals surface area contributed by atoms with Crippen molar-refractivity contribution in [3.8, 4) is 0 Å². The van der Waals surface area contributed by atoms with Crippen molar-refractivity contribution in [2.24, 2.45) is 0 Å². The van der Waals surface area contributed by atoms with Gasteiger partial charge in [-0.1, -0.05) is 13.3 Å². The number of halogens is 6. The fraction of sp³-hybridized carbons (Fsp3) is 0.688. The molecule has 0 fully saturated rings. The maximum absolute atomic E-state index is 12.9. The number of nitrogens with two attached hydrogens (primary N) is 1. The molecule has 0 saturated heterocycles. The number of alkyl halides is 6. The number of imidazole rings is 1. The van der Waals surface area contributed by atoms with Gasteiger partial charge in [-0.25, -0.2) is 9.97 Å². The van der Waals surface area contributed by atoms with Crippen molar-refractivity contribution in [1.29, 1.82) is 0 Å². The molecule has 0 radical (unpaired) electrons. The monoisotopic (exact) mass is 525 g/mol. The first-order valence-electron chi connectivity index (χ1n) is 9.51. The topological polar surface area (TPSA) is 136 Å². The van der Waals surface area contributed by atoms with Crippen molar-refractivity contribution < 1.29 is 45.4 Å². The number of hydrogen-bond donors (Lipinski definition) is 3. The molecule has 0 saturated carbocycles. The van der Waals surface area contributed by atoms with Crippen molar-refractivity contribution in [3.05, 3.63) is 6.33 Å². The van der Waals surface area contributed by atoms with Gasteiger partial charge < -0.3 is 24.8 Å². The number of unbranched alkanes of at least 4 members (excludes halogenated alkanes) is 1. The number of nitrogen functional groups attached to an aromatic ring is 1. The van der Waals surface area contributed by atoms with Gasteiger partial charge in [-0.05, 0) is 12.2 Å². The Labute approximate surface area is 188 Å². The van der Waals surface area contributed by atoms with Crippen molar-refractivity contribution in [1.82, 2.24) is 19.5 Å². The molecule has 0 aromatic carbocycles. The van der Waals surface area contributed by atoms with Crippen LogP contribution < -0.4 is 5.73 Å². The van der Waals surface area contributed by atoms with Gasteiger partial charge in [0.25, 0.3) is 0 Å². The van der Waals surface area contributed by atoms with Crippen LogP contribution in [-0.2, 0) is 15.8 Å². The first kappa shape index (κ1) is 27.6. The van der Waals surface area contributed by atoms with E-state index in [-0.39, 0.29) is 11.6 Å². The van der Waals surface area contributed by atoms with Gasteiger partial charge in [0.1, 0.15) is 10.5 Å². The van der Waals surface area contributed by atoms with Crippen LogP contribution in [0, 0.1) is 0 Å². The Kier molecular flexibility index (Phi) is 8.66. The standard InChI is InChI=1S/C16H22F6N5O4PS/c1-2-3-6-33-12-10-11(25-13(23)26-12)27(9-24-10)4-5-31-14(32(28,29)30,7-15(17,18)19)8-16(20,21)22/h9H,2-8H2,1H3,(H2,23,25,26)(H2,28,29,30). The van der Waals surface area contributed by atoms with Gasteiger partial charge in [0.15, 0.2) is 11.0 Å². The highest BCUT2D eigenvalue weighted by atomic mass is 32.2. The van der Waals surface area contributed by atoms with Crippen LogP contribution in [0.4, 0.5) is 32.3 Å². The van der Waals surface area contributed by atoms with Crippen LogP contribution in [0.1, 0.15) is 32.6 Å². The van der Waals surface area contributed by atoms with Crippen molar-refractivity contribution in [2.45, 2.75) is 61.9 Å². The van der Waals surface area contributed by atoms with E-state index < -0.39 is 51.3 Å².